The Morgan fingerprint density at radius 3 is 2.38 bits per heavy atom. The van der Waals surface area contributed by atoms with E-state index in [0.29, 0.717) is 0 Å². The number of hydrogen-bond acceptors (Lipinski definition) is 3. The van der Waals surface area contributed by atoms with E-state index in [1.54, 1.807) is 0 Å². The molecule has 0 aromatic carbocycles. The van der Waals surface area contributed by atoms with Crippen LogP contribution in [0.3, 0.4) is 0 Å². The molecule has 1 atom stereocenters. The quantitative estimate of drug-likeness (QED) is 0.274. The first-order valence-electron chi connectivity index (χ1n) is 6.24. The molecular formula is C13H26N2O. The van der Waals surface area contributed by atoms with Gasteiger partial charge in [0.1, 0.15) is 0 Å². The topological polar surface area (TPSA) is 47.3 Å². The highest BCUT2D eigenvalue weighted by Crippen LogP contribution is 2.27. The summed E-state index contributed by atoms with van der Waals surface area (Å²) in [6.07, 6.45) is 9.92. The maximum Gasteiger partial charge on any atom is 0.0842 e. The molecule has 0 aliphatic rings. The maximum atomic E-state index is 5.92. The van der Waals surface area contributed by atoms with Crippen LogP contribution in [-0.2, 0) is 4.74 Å². The van der Waals surface area contributed by atoms with Crippen LogP contribution >= 0.6 is 0 Å². The Labute approximate surface area is 100 Å². The Morgan fingerprint density at radius 2 is 2.00 bits per heavy atom. The third-order valence-corrected chi connectivity index (χ3v) is 3.28. The standard InChI is InChI=1S/C13H26N2O/c1-5-9-10-11-12(15-14)13(6-2,7-3)16-8-4/h1,12,15H,6-11,14H2,2-4H3. The second kappa shape index (κ2) is 8.58. The first-order valence-corrected chi connectivity index (χ1v) is 6.24. The minimum Gasteiger partial charge on any atom is -0.374 e. The van der Waals surface area contributed by atoms with E-state index in [-0.39, 0.29) is 11.6 Å². The summed E-state index contributed by atoms with van der Waals surface area (Å²) in [4.78, 5) is 0. The number of terminal acetylenes is 1. The van der Waals surface area contributed by atoms with Gasteiger partial charge in [-0.05, 0) is 32.6 Å². The molecule has 3 N–H and O–H groups in total. The van der Waals surface area contributed by atoms with Crippen LogP contribution in [0.2, 0.25) is 0 Å². The zero-order valence-electron chi connectivity index (χ0n) is 10.9. The fourth-order valence-corrected chi connectivity index (χ4v) is 2.24. The summed E-state index contributed by atoms with van der Waals surface area (Å²) < 4.78 is 5.92. The van der Waals surface area contributed by atoms with Crippen LogP contribution in [0.5, 0.6) is 0 Å². The summed E-state index contributed by atoms with van der Waals surface area (Å²) in [6, 6.07) is 0.177. The molecule has 0 spiro atoms. The minimum absolute atomic E-state index is 0.155. The van der Waals surface area contributed by atoms with Crippen LogP contribution in [0.4, 0.5) is 0 Å². The van der Waals surface area contributed by atoms with Crippen LogP contribution < -0.4 is 11.3 Å². The van der Waals surface area contributed by atoms with Crippen molar-refractivity contribution in [2.24, 2.45) is 5.84 Å². The highest BCUT2D eigenvalue weighted by atomic mass is 16.5. The Bertz CT molecular complexity index is 206. The van der Waals surface area contributed by atoms with Crippen molar-refractivity contribution < 1.29 is 4.74 Å². The maximum absolute atomic E-state index is 5.92. The Kier molecular flexibility index (Phi) is 8.28. The van der Waals surface area contributed by atoms with Gasteiger partial charge in [-0.15, -0.1) is 12.3 Å². The van der Waals surface area contributed by atoms with Crippen LogP contribution in [0.15, 0.2) is 0 Å². The lowest BCUT2D eigenvalue weighted by Crippen LogP contribution is -2.54. The highest BCUT2D eigenvalue weighted by Gasteiger charge is 2.35. The van der Waals surface area contributed by atoms with Gasteiger partial charge in [-0.2, -0.15) is 0 Å². The van der Waals surface area contributed by atoms with Gasteiger partial charge < -0.3 is 4.74 Å². The number of unbranched alkanes of at least 4 members (excludes halogenated alkanes) is 1. The Hall–Kier alpha value is -0.560. The average molecular weight is 226 g/mol. The molecule has 0 amide bonds. The largest absolute Gasteiger partial charge is 0.374 e. The summed E-state index contributed by atoms with van der Waals surface area (Å²) in [5.41, 5.74) is 2.74. The van der Waals surface area contributed by atoms with Crippen molar-refractivity contribution in [2.75, 3.05) is 6.61 Å². The second-order valence-electron chi connectivity index (χ2n) is 4.02. The molecule has 3 heteroatoms. The molecule has 0 aliphatic carbocycles. The van der Waals surface area contributed by atoms with Crippen molar-refractivity contribution in [3.8, 4) is 12.3 Å². The van der Waals surface area contributed by atoms with E-state index < -0.39 is 0 Å². The van der Waals surface area contributed by atoms with Gasteiger partial charge in [-0.25, -0.2) is 0 Å². The van der Waals surface area contributed by atoms with Crippen LogP contribution in [0.1, 0.15) is 52.9 Å². The zero-order valence-corrected chi connectivity index (χ0v) is 10.9. The van der Waals surface area contributed by atoms with Gasteiger partial charge in [0, 0.05) is 13.0 Å². The molecule has 0 bridgehead atoms. The number of nitrogens with one attached hydrogen (secondary N) is 1. The normalized spacial score (nSPS) is 13.4. The van der Waals surface area contributed by atoms with E-state index in [4.69, 9.17) is 17.0 Å². The smallest absolute Gasteiger partial charge is 0.0842 e. The summed E-state index contributed by atoms with van der Waals surface area (Å²) in [5, 5.41) is 0. The number of rotatable bonds is 9. The first kappa shape index (κ1) is 15.4. The van der Waals surface area contributed by atoms with Gasteiger partial charge in [-0.3, -0.25) is 11.3 Å². The third kappa shape index (κ3) is 4.13. The van der Waals surface area contributed by atoms with E-state index >= 15 is 0 Å². The van der Waals surface area contributed by atoms with Crippen LogP contribution in [0.25, 0.3) is 0 Å². The van der Waals surface area contributed by atoms with E-state index in [0.717, 1.165) is 38.7 Å². The lowest BCUT2D eigenvalue weighted by Gasteiger charge is -2.39. The molecule has 0 aliphatic heterocycles. The van der Waals surface area contributed by atoms with E-state index in [2.05, 4.69) is 25.2 Å². The predicted molar refractivity (Wildman–Crippen MR) is 68.7 cm³/mol. The van der Waals surface area contributed by atoms with Crippen molar-refractivity contribution in [1.29, 1.82) is 0 Å². The van der Waals surface area contributed by atoms with Crippen LogP contribution in [0, 0.1) is 12.3 Å². The van der Waals surface area contributed by atoms with E-state index in [1.165, 1.54) is 0 Å². The number of hydrazine groups is 1. The lowest BCUT2D eigenvalue weighted by molar-refractivity contribution is -0.0741. The zero-order chi connectivity index (χ0) is 12.4. The van der Waals surface area contributed by atoms with E-state index in [9.17, 15) is 0 Å². The number of ether oxygens (including phenoxy) is 1. The van der Waals surface area contributed by atoms with Gasteiger partial charge in [0.15, 0.2) is 0 Å². The molecule has 1 unspecified atom stereocenters. The molecule has 0 saturated heterocycles. The minimum atomic E-state index is -0.155. The van der Waals surface area contributed by atoms with Gasteiger partial charge in [-0.1, -0.05) is 13.8 Å². The predicted octanol–water partition coefficient (Wildman–Crippen LogP) is 2.22. The molecule has 0 fully saturated rings. The van der Waals surface area contributed by atoms with Crippen LogP contribution in [-0.4, -0.2) is 18.2 Å². The van der Waals surface area contributed by atoms with Gasteiger partial charge in [0.25, 0.3) is 0 Å². The van der Waals surface area contributed by atoms with Crippen molar-refractivity contribution in [3.05, 3.63) is 0 Å². The van der Waals surface area contributed by atoms with Gasteiger partial charge >= 0.3 is 0 Å². The van der Waals surface area contributed by atoms with Crippen molar-refractivity contribution in [2.45, 2.75) is 64.5 Å². The molecule has 0 aromatic heterocycles. The summed E-state index contributed by atoms with van der Waals surface area (Å²) >= 11 is 0. The summed E-state index contributed by atoms with van der Waals surface area (Å²) in [7, 11) is 0. The molecule has 0 rings (SSSR count). The van der Waals surface area contributed by atoms with Gasteiger partial charge in [0.2, 0.25) is 0 Å². The van der Waals surface area contributed by atoms with Crippen molar-refractivity contribution in [3.63, 3.8) is 0 Å². The summed E-state index contributed by atoms with van der Waals surface area (Å²) in [5.74, 6) is 8.30. The van der Waals surface area contributed by atoms with Crippen molar-refractivity contribution in [1.82, 2.24) is 5.43 Å². The summed E-state index contributed by atoms with van der Waals surface area (Å²) in [6.45, 7) is 7.03. The molecule has 0 saturated carbocycles. The molecule has 0 aromatic rings. The molecule has 16 heavy (non-hydrogen) atoms. The number of nitrogens with two attached hydrogens (primary N) is 1. The Balaban J connectivity index is 4.50. The fraction of sp³-hybridized carbons (Fsp3) is 0.846. The lowest BCUT2D eigenvalue weighted by atomic mass is 9.85. The fourth-order valence-electron chi connectivity index (χ4n) is 2.24. The third-order valence-electron chi connectivity index (χ3n) is 3.28. The Morgan fingerprint density at radius 1 is 1.38 bits per heavy atom. The molecular weight excluding hydrogens is 200 g/mol. The molecule has 3 nitrogen and oxygen atoms in total. The van der Waals surface area contributed by atoms with Gasteiger partial charge in [0.05, 0.1) is 11.6 Å². The molecule has 0 radical (unpaired) electrons. The van der Waals surface area contributed by atoms with Crippen molar-refractivity contribution >= 4 is 0 Å². The SMILES string of the molecule is C#CCCCC(NN)C(CC)(CC)OCC. The first-order chi connectivity index (χ1) is 7.70. The monoisotopic (exact) mass is 226 g/mol. The molecule has 94 valence electrons. The molecule has 0 heterocycles. The number of hydrogen-bond donors (Lipinski definition) is 2. The highest BCUT2D eigenvalue weighted by molar-refractivity contribution is 4.92. The second-order valence-corrected chi connectivity index (χ2v) is 4.02. The van der Waals surface area contributed by atoms with E-state index in [1.807, 2.05) is 6.92 Å². The average Bonchev–Trinajstić information content (AvgIpc) is 2.32.